The summed E-state index contributed by atoms with van der Waals surface area (Å²) in [6.07, 6.45) is 0.850. The highest BCUT2D eigenvalue weighted by Crippen LogP contribution is 2.35. The van der Waals surface area contributed by atoms with Crippen LogP contribution in [0.25, 0.3) is 11.3 Å². The molecule has 0 bridgehead atoms. The third-order valence-electron chi connectivity index (χ3n) is 4.02. The van der Waals surface area contributed by atoms with Gasteiger partial charge in [-0.3, -0.25) is 0 Å². The SMILES string of the molecule is COc1ccccc1-c1csc(C2CCN(C(=O)O)CC2)n1. The Kier molecular flexibility index (Phi) is 4.29. The standard InChI is InChI=1S/C16H18N2O3S/c1-21-14-5-3-2-4-12(14)13-10-22-15(17-13)11-6-8-18(9-7-11)16(19)20/h2-5,10-11H,6-9H2,1H3,(H,19,20). The molecular weight excluding hydrogens is 300 g/mol. The summed E-state index contributed by atoms with van der Waals surface area (Å²) in [5.41, 5.74) is 1.92. The summed E-state index contributed by atoms with van der Waals surface area (Å²) >= 11 is 1.65. The first-order valence-electron chi connectivity index (χ1n) is 7.25. The van der Waals surface area contributed by atoms with E-state index in [1.807, 2.05) is 24.3 Å². The van der Waals surface area contributed by atoms with Gasteiger partial charge in [0.25, 0.3) is 0 Å². The number of hydrogen-bond donors (Lipinski definition) is 1. The minimum absolute atomic E-state index is 0.351. The van der Waals surface area contributed by atoms with Crippen molar-refractivity contribution >= 4 is 17.4 Å². The fourth-order valence-electron chi connectivity index (χ4n) is 2.77. The quantitative estimate of drug-likeness (QED) is 0.938. The van der Waals surface area contributed by atoms with Crippen molar-refractivity contribution in [2.45, 2.75) is 18.8 Å². The number of ether oxygens (including phenoxy) is 1. The summed E-state index contributed by atoms with van der Waals surface area (Å²) in [4.78, 5) is 17.2. The van der Waals surface area contributed by atoms with Gasteiger partial charge in [-0.1, -0.05) is 12.1 Å². The monoisotopic (exact) mass is 318 g/mol. The lowest BCUT2D eigenvalue weighted by atomic mass is 9.98. The zero-order chi connectivity index (χ0) is 15.5. The first-order chi connectivity index (χ1) is 10.7. The van der Waals surface area contributed by atoms with Crippen LogP contribution >= 0.6 is 11.3 Å². The molecule has 1 aliphatic rings. The summed E-state index contributed by atoms with van der Waals surface area (Å²) in [5.74, 6) is 1.17. The zero-order valence-electron chi connectivity index (χ0n) is 12.4. The summed E-state index contributed by atoms with van der Waals surface area (Å²) in [6, 6.07) is 7.85. The maximum Gasteiger partial charge on any atom is 0.407 e. The lowest BCUT2D eigenvalue weighted by Gasteiger charge is -2.28. The molecule has 2 aromatic rings. The third-order valence-corrected chi connectivity index (χ3v) is 5.03. The summed E-state index contributed by atoms with van der Waals surface area (Å²) in [7, 11) is 1.66. The van der Waals surface area contributed by atoms with Crippen LogP contribution in [0.1, 0.15) is 23.8 Å². The molecule has 1 saturated heterocycles. The number of methoxy groups -OCH3 is 1. The van der Waals surface area contributed by atoms with Crippen molar-refractivity contribution in [3.8, 4) is 17.0 Å². The van der Waals surface area contributed by atoms with Crippen LogP contribution in [0.15, 0.2) is 29.6 Å². The average molecular weight is 318 g/mol. The van der Waals surface area contributed by atoms with Gasteiger partial charge in [0.15, 0.2) is 0 Å². The minimum Gasteiger partial charge on any atom is -0.496 e. The lowest BCUT2D eigenvalue weighted by molar-refractivity contribution is 0.132. The molecule has 6 heteroatoms. The largest absolute Gasteiger partial charge is 0.496 e. The third kappa shape index (κ3) is 2.92. The number of aromatic nitrogens is 1. The number of thiazole rings is 1. The van der Waals surface area contributed by atoms with E-state index in [0.29, 0.717) is 19.0 Å². The fourth-order valence-corrected chi connectivity index (χ4v) is 3.76. The first-order valence-corrected chi connectivity index (χ1v) is 8.13. The predicted molar refractivity (Wildman–Crippen MR) is 85.7 cm³/mol. The second kappa shape index (κ2) is 6.36. The van der Waals surface area contributed by atoms with Crippen LogP contribution < -0.4 is 4.74 Å². The van der Waals surface area contributed by atoms with E-state index in [1.165, 1.54) is 4.90 Å². The molecule has 1 aromatic heterocycles. The van der Waals surface area contributed by atoms with E-state index in [4.69, 9.17) is 14.8 Å². The number of rotatable bonds is 3. The Hall–Kier alpha value is -2.08. The van der Waals surface area contributed by atoms with E-state index < -0.39 is 6.09 Å². The van der Waals surface area contributed by atoms with Crippen molar-refractivity contribution in [2.75, 3.05) is 20.2 Å². The van der Waals surface area contributed by atoms with E-state index in [1.54, 1.807) is 18.4 Å². The Morgan fingerprint density at radius 1 is 1.36 bits per heavy atom. The van der Waals surface area contributed by atoms with E-state index in [2.05, 4.69) is 5.38 Å². The van der Waals surface area contributed by atoms with Gasteiger partial charge in [0.2, 0.25) is 0 Å². The van der Waals surface area contributed by atoms with Crippen LogP contribution in [-0.4, -0.2) is 41.3 Å². The Bertz CT molecular complexity index is 663. The van der Waals surface area contributed by atoms with Gasteiger partial charge >= 0.3 is 6.09 Å². The molecule has 0 unspecified atom stereocenters. The number of carboxylic acid groups (broad SMARTS) is 1. The van der Waals surface area contributed by atoms with E-state index in [0.717, 1.165) is 34.9 Å². The van der Waals surface area contributed by atoms with E-state index >= 15 is 0 Å². The molecule has 1 amide bonds. The summed E-state index contributed by atoms with van der Waals surface area (Å²) in [6.45, 7) is 1.17. The lowest BCUT2D eigenvalue weighted by Crippen LogP contribution is -2.36. The second-order valence-electron chi connectivity index (χ2n) is 5.32. The van der Waals surface area contributed by atoms with Crippen LogP contribution in [0.4, 0.5) is 4.79 Å². The van der Waals surface area contributed by atoms with Crippen LogP contribution in [0.2, 0.25) is 0 Å². The molecule has 0 saturated carbocycles. The van der Waals surface area contributed by atoms with Crippen molar-refractivity contribution in [2.24, 2.45) is 0 Å². The van der Waals surface area contributed by atoms with Gasteiger partial charge in [0.05, 0.1) is 17.8 Å². The molecule has 0 radical (unpaired) electrons. The number of nitrogens with zero attached hydrogens (tertiary/aromatic N) is 2. The molecular formula is C16H18N2O3S. The summed E-state index contributed by atoms with van der Waals surface area (Å²) < 4.78 is 5.39. The Morgan fingerprint density at radius 3 is 2.77 bits per heavy atom. The van der Waals surface area contributed by atoms with Gasteiger partial charge in [-0.2, -0.15) is 0 Å². The van der Waals surface area contributed by atoms with Gasteiger partial charge in [-0.05, 0) is 25.0 Å². The number of para-hydroxylation sites is 1. The van der Waals surface area contributed by atoms with Crippen molar-refractivity contribution in [3.63, 3.8) is 0 Å². The molecule has 1 fully saturated rings. The number of carbonyl (C=O) groups is 1. The average Bonchev–Trinajstić information content (AvgIpc) is 3.04. The van der Waals surface area contributed by atoms with E-state index in [-0.39, 0.29) is 0 Å². The van der Waals surface area contributed by atoms with Gasteiger partial charge in [-0.15, -0.1) is 11.3 Å². The van der Waals surface area contributed by atoms with Crippen molar-refractivity contribution < 1.29 is 14.6 Å². The number of amides is 1. The molecule has 0 atom stereocenters. The number of hydrogen-bond acceptors (Lipinski definition) is 4. The Morgan fingerprint density at radius 2 is 2.09 bits per heavy atom. The van der Waals surface area contributed by atoms with E-state index in [9.17, 15) is 4.79 Å². The topological polar surface area (TPSA) is 62.7 Å². The smallest absolute Gasteiger partial charge is 0.407 e. The molecule has 116 valence electrons. The highest BCUT2D eigenvalue weighted by molar-refractivity contribution is 7.10. The van der Waals surface area contributed by atoms with Crippen LogP contribution in [0.3, 0.4) is 0 Å². The minimum atomic E-state index is -0.827. The molecule has 0 aliphatic carbocycles. The second-order valence-corrected chi connectivity index (χ2v) is 6.20. The molecule has 2 heterocycles. The van der Waals surface area contributed by atoms with Gasteiger partial charge in [0.1, 0.15) is 5.75 Å². The predicted octanol–water partition coefficient (Wildman–Crippen LogP) is 3.68. The van der Waals surface area contributed by atoms with Crippen molar-refractivity contribution in [3.05, 3.63) is 34.7 Å². The highest BCUT2D eigenvalue weighted by atomic mass is 32.1. The number of likely N-dealkylation sites (tertiary alicyclic amines) is 1. The highest BCUT2D eigenvalue weighted by Gasteiger charge is 2.25. The fraction of sp³-hybridized carbons (Fsp3) is 0.375. The molecule has 1 aromatic carbocycles. The molecule has 5 nitrogen and oxygen atoms in total. The molecule has 3 rings (SSSR count). The van der Waals surface area contributed by atoms with Gasteiger partial charge in [0, 0.05) is 30.0 Å². The maximum atomic E-state index is 11.0. The maximum absolute atomic E-state index is 11.0. The molecule has 22 heavy (non-hydrogen) atoms. The van der Waals surface area contributed by atoms with Gasteiger partial charge in [-0.25, -0.2) is 9.78 Å². The summed E-state index contributed by atoms with van der Waals surface area (Å²) in [5, 5.41) is 12.1. The Labute approximate surface area is 133 Å². The molecule has 1 aliphatic heterocycles. The Balaban J connectivity index is 1.76. The number of benzene rings is 1. The molecule has 1 N–H and O–H groups in total. The first kappa shape index (κ1) is 14.8. The van der Waals surface area contributed by atoms with Crippen LogP contribution in [0.5, 0.6) is 5.75 Å². The van der Waals surface area contributed by atoms with Crippen LogP contribution in [0, 0.1) is 0 Å². The molecule has 0 spiro atoms. The normalized spacial score (nSPS) is 15.8. The van der Waals surface area contributed by atoms with Crippen molar-refractivity contribution in [1.29, 1.82) is 0 Å². The van der Waals surface area contributed by atoms with Crippen LogP contribution in [-0.2, 0) is 0 Å². The zero-order valence-corrected chi connectivity index (χ0v) is 13.2. The van der Waals surface area contributed by atoms with Gasteiger partial charge < -0.3 is 14.7 Å². The number of piperidine rings is 1. The van der Waals surface area contributed by atoms with Crippen molar-refractivity contribution in [1.82, 2.24) is 9.88 Å².